The minimum atomic E-state index is -0.691. The third kappa shape index (κ3) is 2.05. The number of hydrogen-bond donors (Lipinski definition) is 2. The van der Waals surface area contributed by atoms with Crippen molar-refractivity contribution in [2.75, 3.05) is 26.4 Å². The Morgan fingerprint density at radius 1 is 1.27 bits per heavy atom. The van der Waals surface area contributed by atoms with E-state index in [4.69, 9.17) is 24.1 Å². The molecule has 84 valence electrons. The molecule has 5 heteroatoms. The molecule has 0 aromatic carbocycles. The van der Waals surface area contributed by atoms with E-state index in [1.807, 2.05) is 0 Å². The number of ether oxygens (including phenoxy) is 2. The van der Waals surface area contributed by atoms with Crippen LogP contribution in [-0.2, 0) is 9.47 Å². The van der Waals surface area contributed by atoms with Gasteiger partial charge in [-0.15, -0.1) is 0 Å². The van der Waals surface area contributed by atoms with E-state index >= 15 is 0 Å². The molecule has 0 bridgehead atoms. The predicted octanol–water partition coefficient (Wildman–Crippen LogP) is 0.296. The molecule has 0 unspecified atom stereocenters. The van der Waals surface area contributed by atoms with Crippen molar-refractivity contribution in [1.29, 1.82) is 0 Å². The second-order valence-electron chi connectivity index (χ2n) is 3.79. The summed E-state index contributed by atoms with van der Waals surface area (Å²) in [6, 6.07) is 3.51. The molecular weight excluding hydrogens is 200 g/mol. The molecule has 15 heavy (non-hydrogen) atoms. The highest BCUT2D eigenvalue weighted by molar-refractivity contribution is 5.00. The summed E-state index contributed by atoms with van der Waals surface area (Å²) in [5.41, 5.74) is -0.691. The number of aliphatic hydroxyl groups excluding tert-OH is 2. The highest BCUT2D eigenvalue weighted by atomic mass is 16.7. The van der Waals surface area contributed by atoms with Gasteiger partial charge in [-0.2, -0.15) is 0 Å². The lowest BCUT2D eigenvalue weighted by Crippen LogP contribution is -2.44. The van der Waals surface area contributed by atoms with Crippen LogP contribution >= 0.6 is 0 Å². The van der Waals surface area contributed by atoms with Crippen LogP contribution in [0.5, 0.6) is 0 Å². The van der Waals surface area contributed by atoms with E-state index < -0.39 is 11.7 Å². The first kappa shape index (κ1) is 10.6. The summed E-state index contributed by atoms with van der Waals surface area (Å²) in [7, 11) is 0. The van der Waals surface area contributed by atoms with E-state index in [-0.39, 0.29) is 26.4 Å². The zero-order valence-electron chi connectivity index (χ0n) is 8.26. The van der Waals surface area contributed by atoms with Crippen molar-refractivity contribution in [3.05, 3.63) is 24.2 Å². The van der Waals surface area contributed by atoms with Crippen molar-refractivity contribution in [2.45, 2.75) is 6.29 Å². The maximum absolute atomic E-state index is 9.11. The van der Waals surface area contributed by atoms with Crippen LogP contribution in [0, 0.1) is 5.41 Å². The first-order chi connectivity index (χ1) is 7.29. The van der Waals surface area contributed by atoms with Crippen LogP contribution in [0.15, 0.2) is 22.8 Å². The maximum atomic E-state index is 9.11. The highest BCUT2D eigenvalue weighted by Crippen LogP contribution is 2.31. The van der Waals surface area contributed by atoms with Gasteiger partial charge in [0.25, 0.3) is 0 Å². The minimum Gasteiger partial charge on any atom is -0.464 e. The lowest BCUT2D eigenvalue weighted by atomic mass is 9.92. The topological polar surface area (TPSA) is 72.1 Å². The Kier molecular flexibility index (Phi) is 3.06. The van der Waals surface area contributed by atoms with Gasteiger partial charge in [-0.1, -0.05) is 0 Å². The fourth-order valence-electron chi connectivity index (χ4n) is 1.42. The average Bonchev–Trinajstić information content (AvgIpc) is 2.83. The Morgan fingerprint density at radius 3 is 2.40 bits per heavy atom. The van der Waals surface area contributed by atoms with Gasteiger partial charge in [-0.25, -0.2) is 0 Å². The molecule has 5 nitrogen and oxygen atoms in total. The van der Waals surface area contributed by atoms with Crippen molar-refractivity contribution < 1.29 is 24.1 Å². The van der Waals surface area contributed by atoms with Crippen molar-refractivity contribution in [2.24, 2.45) is 5.41 Å². The summed E-state index contributed by atoms with van der Waals surface area (Å²) in [5.74, 6) is 0.597. The summed E-state index contributed by atoms with van der Waals surface area (Å²) >= 11 is 0. The molecule has 1 aromatic rings. The second-order valence-corrected chi connectivity index (χ2v) is 3.79. The van der Waals surface area contributed by atoms with Crippen LogP contribution in [0.3, 0.4) is 0 Å². The standard InChI is InChI=1S/C10H14O5/c11-4-10(5-12)6-14-9(15-7-10)8-2-1-3-13-8/h1-3,9,11-12H,4-7H2. The Labute approximate surface area is 87.2 Å². The van der Waals surface area contributed by atoms with Crippen molar-refractivity contribution in [3.63, 3.8) is 0 Å². The molecule has 0 atom stereocenters. The predicted molar refractivity (Wildman–Crippen MR) is 50.0 cm³/mol. The van der Waals surface area contributed by atoms with E-state index in [2.05, 4.69) is 0 Å². The lowest BCUT2D eigenvalue weighted by Gasteiger charge is -2.36. The molecule has 1 saturated heterocycles. The van der Waals surface area contributed by atoms with Gasteiger partial charge in [0, 0.05) is 0 Å². The molecule has 2 rings (SSSR count). The van der Waals surface area contributed by atoms with E-state index in [0.717, 1.165) is 0 Å². The monoisotopic (exact) mass is 214 g/mol. The van der Waals surface area contributed by atoms with Gasteiger partial charge < -0.3 is 24.1 Å². The molecule has 0 spiro atoms. The zero-order chi connectivity index (χ0) is 10.7. The van der Waals surface area contributed by atoms with Gasteiger partial charge in [-0.05, 0) is 12.1 Å². The summed E-state index contributed by atoms with van der Waals surface area (Å²) in [4.78, 5) is 0. The molecule has 0 aliphatic carbocycles. The molecule has 1 aliphatic rings. The number of hydrogen-bond acceptors (Lipinski definition) is 5. The number of rotatable bonds is 3. The van der Waals surface area contributed by atoms with Crippen LogP contribution in [-0.4, -0.2) is 36.6 Å². The van der Waals surface area contributed by atoms with E-state index in [1.54, 1.807) is 18.4 Å². The summed E-state index contributed by atoms with van der Waals surface area (Å²) in [6.07, 6.45) is 1.01. The lowest BCUT2D eigenvalue weighted by molar-refractivity contribution is -0.254. The molecule has 0 saturated carbocycles. The summed E-state index contributed by atoms with van der Waals surface area (Å²) in [5, 5.41) is 18.2. The number of aliphatic hydroxyl groups is 2. The molecule has 1 aromatic heterocycles. The van der Waals surface area contributed by atoms with Gasteiger partial charge in [0.15, 0.2) is 5.76 Å². The van der Waals surface area contributed by atoms with Gasteiger partial charge in [0.2, 0.25) is 6.29 Å². The first-order valence-corrected chi connectivity index (χ1v) is 4.78. The molecule has 2 N–H and O–H groups in total. The Balaban J connectivity index is 1.97. The van der Waals surface area contributed by atoms with Gasteiger partial charge >= 0.3 is 0 Å². The van der Waals surface area contributed by atoms with Crippen molar-refractivity contribution >= 4 is 0 Å². The van der Waals surface area contributed by atoms with E-state index in [0.29, 0.717) is 5.76 Å². The molecule has 0 radical (unpaired) electrons. The van der Waals surface area contributed by atoms with Crippen LogP contribution in [0.25, 0.3) is 0 Å². The van der Waals surface area contributed by atoms with Crippen LogP contribution in [0.4, 0.5) is 0 Å². The molecule has 1 fully saturated rings. The Morgan fingerprint density at radius 2 is 1.93 bits per heavy atom. The molecule has 2 heterocycles. The largest absolute Gasteiger partial charge is 0.464 e. The van der Waals surface area contributed by atoms with Crippen LogP contribution in [0.2, 0.25) is 0 Å². The van der Waals surface area contributed by atoms with E-state index in [9.17, 15) is 0 Å². The average molecular weight is 214 g/mol. The van der Waals surface area contributed by atoms with Crippen molar-refractivity contribution in [3.8, 4) is 0 Å². The number of furan rings is 1. The third-order valence-corrected chi connectivity index (χ3v) is 2.53. The van der Waals surface area contributed by atoms with Crippen LogP contribution in [0.1, 0.15) is 12.1 Å². The molecule has 0 amide bonds. The fraction of sp³-hybridized carbons (Fsp3) is 0.600. The minimum absolute atomic E-state index is 0.158. The maximum Gasteiger partial charge on any atom is 0.217 e. The first-order valence-electron chi connectivity index (χ1n) is 4.78. The van der Waals surface area contributed by atoms with Gasteiger partial charge in [-0.3, -0.25) is 0 Å². The van der Waals surface area contributed by atoms with Gasteiger partial charge in [0.05, 0.1) is 38.1 Å². The zero-order valence-corrected chi connectivity index (χ0v) is 8.26. The molecular formula is C10H14O5. The second kappa shape index (κ2) is 4.32. The normalized spacial score (nSPS) is 21.7. The Bertz CT molecular complexity index is 281. The fourth-order valence-corrected chi connectivity index (χ4v) is 1.42. The summed E-state index contributed by atoms with van der Waals surface area (Å²) < 4.78 is 15.9. The Hall–Kier alpha value is -0.880. The highest BCUT2D eigenvalue weighted by Gasteiger charge is 2.37. The summed E-state index contributed by atoms with van der Waals surface area (Å²) in [6.45, 7) is 0.194. The SMILES string of the molecule is OCC1(CO)COC(c2ccco2)OC1. The van der Waals surface area contributed by atoms with Gasteiger partial charge in [0.1, 0.15) is 0 Å². The third-order valence-electron chi connectivity index (χ3n) is 2.53. The van der Waals surface area contributed by atoms with Crippen LogP contribution < -0.4 is 0 Å². The quantitative estimate of drug-likeness (QED) is 0.757. The molecule has 1 aliphatic heterocycles. The van der Waals surface area contributed by atoms with E-state index in [1.165, 1.54) is 0 Å². The smallest absolute Gasteiger partial charge is 0.217 e. The van der Waals surface area contributed by atoms with Crippen molar-refractivity contribution in [1.82, 2.24) is 0 Å².